The van der Waals surface area contributed by atoms with E-state index in [0.717, 1.165) is 24.3 Å². The molecule has 1 saturated heterocycles. The Balaban J connectivity index is 1.52. The van der Waals surface area contributed by atoms with Gasteiger partial charge in [-0.3, -0.25) is 14.5 Å². The van der Waals surface area contributed by atoms with Crippen molar-refractivity contribution < 1.29 is 19.1 Å². The standard InChI is InChI=1S/C26H29FN4O3S/c27-20-8-9-23(31-12-10-30(11-13-31)14-15-32)21(18-20)28-25(33)22(17-19-5-2-1-3-6-19)29-26(34)24-7-4-16-35-24/h1-9,16,18,22,32H,10-15,17H2,(H,28,33)(H,29,34). The summed E-state index contributed by atoms with van der Waals surface area (Å²) in [6, 6.07) is 16.5. The van der Waals surface area contributed by atoms with Crippen LogP contribution in [0.1, 0.15) is 15.2 Å². The molecule has 3 N–H and O–H groups in total. The monoisotopic (exact) mass is 496 g/mol. The van der Waals surface area contributed by atoms with Crippen LogP contribution in [0, 0.1) is 5.82 Å². The lowest BCUT2D eigenvalue weighted by atomic mass is 10.0. The predicted octanol–water partition coefficient (Wildman–Crippen LogP) is 2.98. The Kier molecular flexibility index (Phi) is 8.46. The molecule has 4 rings (SSSR count). The van der Waals surface area contributed by atoms with Gasteiger partial charge in [-0.2, -0.15) is 0 Å². The zero-order chi connectivity index (χ0) is 24.6. The Bertz CT molecular complexity index is 1120. The third-order valence-electron chi connectivity index (χ3n) is 6.00. The number of carbonyl (C=O) groups is 2. The summed E-state index contributed by atoms with van der Waals surface area (Å²) in [6.45, 7) is 3.63. The molecule has 0 saturated carbocycles. The number of amides is 2. The Morgan fingerprint density at radius 1 is 1.03 bits per heavy atom. The number of rotatable bonds is 9. The minimum Gasteiger partial charge on any atom is -0.395 e. The summed E-state index contributed by atoms with van der Waals surface area (Å²) in [6.07, 6.45) is 0.300. The molecule has 1 unspecified atom stereocenters. The second kappa shape index (κ2) is 11.9. The SMILES string of the molecule is O=C(NC(Cc1ccccc1)C(=O)Nc1cc(F)ccc1N1CCN(CCO)CC1)c1cccs1. The Hall–Kier alpha value is -3.27. The molecule has 184 valence electrons. The molecule has 3 aromatic rings. The lowest BCUT2D eigenvalue weighted by Gasteiger charge is -2.36. The van der Waals surface area contributed by atoms with Gasteiger partial charge in [-0.1, -0.05) is 36.4 Å². The van der Waals surface area contributed by atoms with Crippen molar-refractivity contribution >= 4 is 34.5 Å². The number of anilines is 2. The zero-order valence-corrected chi connectivity index (χ0v) is 20.1. The highest BCUT2D eigenvalue weighted by Gasteiger charge is 2.25. The average molecular weight is 497 g/mol. The maximum Gasteiger partial charge on any atom is 0.262 e. The molecule has 0 aliphatic carbocycles. The number of β-amino-alcohol motifs (C(OH)–C–C–N with tert-alkyl or cyclic N) is 1. The topological polar surface area (TPSA) is 84.9 Å². The number of thiophene rings is 1. The summed E-state index contributed by atoms with van der Waals surface area (Å²) in [7, 11) is 0. The van der Waals surface area contributed by atoms with Crippen LogP contribution in [0.5, 0.6) is 0 Å². The summed E-state index contributed by atoms with van der Waals surface area (Å²) >= 11 is 1.30. The van der Waals surface area contributed by atoms with Gasteiger partial charge in [0, 0.05) is 39.1 Å². The molecule has 2 aromatic carbocycles. The van der Waals surface area contributed by atoms with Gasteiger partial charge in [0.15, 0.2) is 0 Å². The van der Waals surface area contributed by atoms with Gasteiger partial charge in [-0.05, 0) is 35.2 Å². The number of nitrogens with zero attached hydrogens (tertiary/aromatic N) is 2. The fourth-order valence-corrected chi connectivity index (χ4v) is 4.78. The van der Waals surface area contributed by atoms with Crippen molar-refractivity contribution in [3.05, 3.63) is 82.3 Å². The number of aliphatic hydroxyl groups excluding tert-OH is 1. The number of benzene rings is 2. The van der Waals surface area contributed by atoms with Crippen LogP contribution in [0.15, 0.2) is 66.0 Å². The van der Waals surface area contributed by atoms with Crippen molar-refractivity contribution in [3.8, 4) is 0 Å². The first-order valence-electron chi connectivity index (χ1n) is 11.6. The largest absolute Gasteiger partial charge is 0.395 e. The van der Waals surface area contributed by atoms with Crippen LogP contribution in [0.25, 0.3) is 0 Å². The van der Waals surface area contributed by atoms with E-state index >= 15 is 0 Å². The second-order valence-electron chi connectivity index (χ2n) is 8.40. The number of carbonyl (C=O) groups excluding carboxylic acids is 2. The molecule has 0 spiro atoms. The summed E-state index contributed by atoms with van der Waals surface area (Å²) in [5.74, 6) is -1.19. The van der Waals surface area contributed by atoms with E-state index < -0.39 is 17.8 Å². The van der Waals surface area contributed by atoms with Gasteiger partial charge in [0.25, 0.3) is 5.91 Å². The van der Waals surface area contributed by atoms with Crippen LogP contribution in [-0.2, 0) is 11.2 Å². The van der Waals surface area contributed by atoms with Gasteiger partial charge in [0.1, 0.15) is 11.9 Å². The fourth-order valence-electron chi connectivity index (χ4n) is 4.15. The number of halogens is 1. The van der Waals surface area contributed by atoms with E-state index in [1.165, 1.54) is 23.5 Å². The third kappa shape index (κ3) is 6.66. The summed E-state index contributed by atoms with van der Waals surface area (Å²) < 4.78 is 14.2. The van der Waals surface area contributed by atoms with Crippen molar-refractivity contribution in [2.45, 2.75) is 12.5 Å². The van der Waals surface area contributed by atoms with Gasteiger partial charge in [0.2, 0.25) is 5.91 Å². The Labute approximate surface area is 208 Å². The summed E-state index contributed by atoms with van der Waals surface area (Å²) in [4.78, 5) is 30.9. The first-order chi connectivity index (χ1) is 17.0. The molecule has 1 atom stereocenters. The first kappa shape index (κ1) is 24.8. The molecule has 9 heteroatoms. The van der Waals surface area contributed by atoms with Crippen LogP contribution in [0.4, 0.5) is 15.8 Å². The van der Waals surface area contributed by atoms with Crippen molar-refractivity contribution in [1.29, 1.82) is 0 Å². The zero-order valence-electron chi connectivity index (χ0n) is 19.3. The molecule has 1 aliphatic rings. The minimum absolute atomic E-state index is 0.109. The fraction of sp³-hybridized carbons (Fsp3) is 0.308. The van der Waals surface area contributed by atoms with E-state index in [9.17, 15) is 19.1 Å². The highest BCUT2D eigenvalue weighted by Crippen LogP contribution is 2.28. The van der Waals surface area contributed by atoms with E-state index in [0.29, 0.717) is 36.6 Å². The van der Waals surface area contributed by atoms with Crippen LogP contribution in [-0.4, -0.2) is 67.2 Å². The summed E-state index contributed by atoms with van der Waals surface area (Å²) in [5, 5.41) is 16.7. The third-order valence-corrected chi connectivity index (χ3v) is 6.86. The Morgan fingerprint density at radius 2 is 1.80 bits per heavy atom. The lowest BCUT2D eigenvalue weighted by molar-refractivity contribution is -0.118. The van der Waals surface area contributed by atoms with Crippen LogP contribution >= 0.6 is 11.3 Å². The number of aliphatic hydroxyl groups is 1. The molecule has 35 heavy (non-hydrogen) atoms. The Morgan fingerprint density at radius 3 is 2.49 bits per heavy atom. The van der Waals surface area contributed by atoms with E-state index in [4.69, 9.17) is 0 Å². The van der Waals surface area contributed by atoms with Gasteiger partial charge in [0.05, 0.1) is 22.9 Å². The van der Waals surface area contributed by atoms with Gasteiger partial charge in [-0.15, -0.1) is 11.3 Å². The van der Waals surface area contributed by atoms with Crippen LogP contribution < -0.4 is 15.5 Å². The molecule has 1 fully saturated rings. The minimum atomic E-state index is -0.843. The van der Waals surface area contributed by atoms with Gasteiger partial charge >= 0.3 is 0 Å². The number of hydrogen-bond acceptors (Lipinski definition) is 6. The first-order valence-corrected chi connectivity index (χ1v) is 12.5. The quantitative estimate of drug-likeness (QED) is 0.424. The number of hydrogen-bond donors (Lipinski definition) is 3. The molecule has 2 amide bonds. The smallest absolute Gasteiger partial charge is 0.262 e. The molecule has 0 bridgehead atoms. The molecule has 2 heterocycles. The van der Waals surface area contributed by atoms with E-state index in [-0.39, 0.29) is 12.5 Å². The van der Waals surface area contributed by atoms with Crippen molar-refractivity contribution in [2.24, 2.45) is 0 Å². The van der Waals surface area contributed by atoms with Crippen molar-refractivity contribution in [3.63, 3.8) is 0 Å². The average Bonchev–Trinajstić information content (AvgIpc) is 3.41. The second-order valence-corrected chi connectivity index (χ2v) is 9.34. The maximum atomic E-state index is 14.2. The van der Waals surface area contributed by atoms with Gasteiger partial charge in [-0.25, -0.2) is 4.39 Å². The maximum absolute atomic E-state index is 14.2. The molecule has 7 nitrogen and oxygen atoms in total. The highest BCUT2D eigenvalue weighted by molar-refractivity contribution is 7.12. The lowest BCUT2D eigenvalue weighted by Crippen LogP contribution is -2.48. The van der Waals surface area contributed by atoms with E-state index in [2.05, 4.69) is 20.4 Å². The van der Waals surface area contributed by atoms with E-state index in [1.807, 2.05) is 30.3 Å². The molecule has 1 aliphatic heterocycles. The van der Waals surface area contributed by atoms with Crippen LogP contribution in [0.3, 0.4) is 0 Å². The van der Waals surface area contributed by atoms with Crippen molar-refractivity contribution in [1.82, 2.24) is 10.2 Å². The van der Waals surface area contributed by atoms with Crippen molar-refractivity contribution in [2.75, 3.05) is 49.5 Å². The van der Waals surface area contributed by atoms with Gasteiger partial charge < -0.3 is 20.6 Å². The van der Waals surface area contributed by atoms with Crippen LogP contribution in [0.2, 0.25) is 0 Å². The number of piperazine rings is 1. The van der Waals surface area contributed by atoms with E-state index in [1.54, 1.807) is 23.6 Å². The molecular weight excluding hydrogens is 467 g/mol. The molecule has 1 aromatic heterocycles. The molecule has 0 radical (unpaired) electrons. The predicted molar refractivity (Wildman–Crippen MR) is 136 cm³/mol. The summed E-state index contributed by atoms with van der Waals surface area (Å²) in [5.41, 5.74) is 2.00. The number of nitrogens with one attached hydrogen (secondary N) is 2. The highest BCUT2D eigenvalue weighted by atomic mass is 32.1. The molecular formula is C26H29FN4O3S. The normalized spacial score (nSPS) is 15.0.